The number of Topliss-reactive ketones (excluding diaryl/α,β-unsaturated/α-hetero) is 2. The molecule has 1 aromatic carbocycles. The van der Waals surface area contributed by atoms with Crippen LogP contribution in [0.1, 0.15) is 95.0 Å². The zero-order valence-electron chi connectivity index (χ0n) is 27.5. The van der Waals surface area contributed by atoms with Crippen molar-refractivity contribution in [3.8, 4) is 0 Å². The first-order valence-corrected chi connectivity index (χ1v) is 18.3. The molecule has 9 saturated carbocycles. The van der Waals surface area contributed by atoms with E-state index in [9.17, 15) is 9.59 Å². The topological polar surface area (TPSA) is 40.4 Å². The minimum atomic E-state index is -0.648. The number of anilines is 1. The Morgan fingerprint density at radius 3 is 1.64 bits per heavy atom. The van der Waals surface area contributed by atoms with Gasteiger partial charge in [-0.25, -0.2) is 4.58 Å². The Balaban J connectivity index is 0.834. The van der Waals surface area contributed by atoms with Crippen LogP contribution in [0.4, 0.5) is 5.69 Å². The highest BCUT2D eigenvalue weighted by Gasteiger charge is 2.52. The number of carbonyl (C=O) groups excluding carboxylic acids is 2. The zero-order chi connectivity index (χ0) is 30.5. The molecule has 0 spiro atoms. The quantitative estimate of drug-likeness (QED) is 0.139. The smallest absolute Gasteiger partial charge is 0.199 e. The highest BCUT2D eigenvalue weighted by atomic mass is 16.2. The largest absolute Gasteiger partial charge is 0.374 e. The summed E-state index contributed by atoms with van der Waals surface area (Å²) in [4.78, 5) is 29.1. The molecule has 0 unspecified atom stereocenters. The Kier molecular flexibility index (Phi) is 6.57. The van der Waals surface area contributed by atoms with Gasteiger partial charge in [-0.1, -0.05) is 12.1 Å². The van der Waals surface area contributed by atoms with Crippen molar-refractivity contribution in [2.75, 3.05) is 32.1 Å². The lowest BCUT2D eigenvalue weighted by Crippen LogP contribution is -2.50. The normalized spacial score (nSPS) is 40.5. The van der Waals surface area contributed by atoms with Crippen LogP contribution in [0.5, 0.6) is 0 Å². The van der Waals surface area contributed by atoms with Gasteiger partial charge in [-0.05, 0) is 159 Å². The number of hydrogen-bond acceptors (Lipinski definition) is 3. The van der Waals surface area contributed by atoms with Gasteiger partial charge in [0.05, 0.1) is 5.57 Å². The summed E-state index contributed by atoms with van der Waals surface area (Å²) in [7, 11) is 4.42. The highest BCUT2D eigenvalue weighted by Crippen LogP contribution is 2.62. The van der Waals surface area contributed by atoms with Crippen LogP contribution in [0, 0.1) is 46.3 Å². The van der Waals surface area contributed by atoms with Gasteiger partial charge in [-0.3, -0.25) is 9.59 Å². The van der Waals surface area contributed by atoms with Gasteiger partial charge in [-0.15, -0.1) is 0 Å². The Morgan fingerprint density at radius 2 is 1.16 bits per heavy atom. The van der Waals surface area contributed by atoms with Crippen molar-refractivity contribution in [3.63, 3.8) is 0 Å². The van der Waals surface area contributed by atoms with Gasteiger partial charge in [-0.2, -0.15) is 0 Å². The Morgan fingerprint density at radius 1 is 0.689 bits per heavy atom. The number of benzene rings is 1. The minimum Gasteiger partial charge on any atom is -0.374 e. The van der Waals surface area contributed by atoms with Crippen LogP contribution in [0.15, 0.2) is 59.7 Å². The number of carbonyl (C=O) groups is 2. The van der Waals surface area contributed by atoms with Gasteiger partial charge < -0.3 is 4.90 Å². The summed E-state index contributed by atoms with van der Waals surface area (Å²) in [6, 6.07) is 8.29. The fourth-order valence-electron chi connectivity index (χ4n) is 13.1. The predicted molar refractivity (Wildman–Crippen MR) is 180 cm³/mol. The molecule has 0 heterocycles. The van der Waals surface area contributed by atoms with Gasteiger partial charge in [0, 0.05) is 37.9 Å². The van der Waals surface area contributed by atoms with E-state index in [1.165, 1.54) is 94.9 Å². The summed E-state index contributed by atoms with van der Waals surface area (Å²) >= 11 is 0. The second kappa shape index (κ2) is 10.4. The second-order valence-corrected chi connectivity index (χ2v) is 17.5. The van der Waals surface area contributed by atoms with Crippen LogP contribution in [-0.2, 0) is 9.59 Å². The standard InChI is InChI=1S/C41H51N2O2/c1-42(12-11-40-19-26-13-27(20-40)15-28(14-26)21-40)34-7-3-32(4-8-34)36-38(44)37(39(36)45)33-5-9-35(10-6-33)43(2)25-41-22-29-16-30(23-41)18-31(17-29)24-41/h3-10,26-31,37H,11-25H2,1-2H3/q+1. The molecular formula is C41H51N2O2+. The van der Waals surface area contributed by atoms with E-state index in [-0.39, 0.29) is 11.6 Å². The zero-order valence-corrected chi connectivity index (χ0v) is 27.5. The summed E-state index contributed by atoms with van der Waals surface area (Å²) in [5.74, 6) is 5.16. The third kappa shape index (κ3) is 4.87. The fourth-order valence-corrected chi connectivity index (χ4v) is 13.1. The van der Waals surface area contributed by atoms with E-state index >= 15 is 0 Å². The van der Waals surface area contributed by atoms with Gasteiger partial charge in [0.2, 0.25) is 0 Å². The van der Waals surface area contributed by atoms with Crippen molar-refractivity contribution in [1.82, 2.24) is 0 Å². The average Bonchev–Trinajstić information content (AvgIpc) is 2.99. The Hall–Kier alpha value is -2.75. The molecule has 1 aromatic rings. The number of hydrogen-bond donors (Lipinski definition) is 0. The molecule has 4 nitrogen and oxygen atoms in total. The molecule has 0 aromatic heterocycles. The van der Waals surface area contributed by atoms with Crippen LogP contribution in [-0.4, -0.2) is 49.0 Å². The van der Waals surface area contributed by atoms with Gasteiger partial charge in [0.1, 0.15) is 19.5 Å². The lowest BCUT2D eigenvalue weighted by atomic mass is 9.49. The maximum Gasteiger partial charge on any atom is 0.199 e. The first-order valence-electron chi connectivity index (χ1n) is 18.3. The average molecular weight is 604 g/mol. The SMILES string of the molecule is CN(CC12CC3CC(CC(C3)C1)C2)c1ccc(C2C(=O)C(=C3C=CC(=[N+](C)CCC45CC6CC(CC(C6)C4)C5)C=C3)C2=O)cc1. The van der Waals surface area contributed by atoms with Gasteiger partial charge in [0.15, 0.2) is 17.3 Å². The monoisotopic (exact) mass is 603 g/mol. The van der Waals surface area contributed by atoms with Crippen molar-refractivity contribution in [2.24, 2.45) is 46.3 Å². The van der Waals surface area contributed by atoms with Crippen molar-refractivity contribution >= 4 is 23.0 Å². The van der Waals surface area contributed by atoms with Gasteiger partial charge in [0.25, 0.3) is 0 Å². The van der Waals surface area contributed by atoms with Crippen LogP contribution >= 0.6 is 0 Å². The third-order valence-corrected chi connectivity index (χ3v) is 14.2. The number of nitrogens with zero attached hydrogens (tertiary/aromatic N) is 2. The molecule has 0 radical (unpaired) electrons. The van der Waals surface area contributed by atoms with E-state index in [2.05, 4.69) is 47.9 Å². The maximum absolute atomic E-state index is 13.4. The van der Waals surface area contributed by atoms with Crippen LogP contribution in [0.25, 0.3) is 0 Å². The van der Waals surface area contributed by atoms with Crippen molar-refractivity contribution < 1.29 is 14.2 Å². The molecule has 8 bridgehead atoms. The van der Waals surface area contributed by atoms with Crippen LogP contribution in [0.2, 0.25) is 0 Å². The summed E-state index contributed by atoms with van der Waals surface area (Å²) < 4.78 is 2.38. The molecule has 9 fully saturated rings. The lowest BCUT2D eigenvalue weighted by molar-refractivity contribution is -0.499. The Bertz CT molecular complexity index is 1450. The summed E-state index contributed by atoms with van der Waals surface area (Å²) in [5.41, 5.74) is 5.43. The molecule has 0 atom stereocenters. The van der Waals surface area contributed by atoms with E-state index in [4.69, 9.17) is 0 Å². The molecule has 0 N–H and O–H groups in total. The molecule has 4 heteroatoms. The molecule has 10 aliphatic rings. The summed E-state index contributed by atoms with van der Waals surface area (Å²) in [5, 5.41) is 0. The summed E-state index contributed by atoms with van der Waals surface area (Å²) in [6.07, 6.45) is 27.0. The minimum absolute atomic E-state index is 0.0300. The molecule has 11 rings (SSSR count). The number of allylic oxidation sites excluding steroid dienone is 6. The molecular weight excluding hydrogens is 552 g/mol. The third-order valence-electron chi connectivity index (χ3n) is 14.2. The van der Waals surface area contributed by atoms with Crippen LogP contribution in [0.3, 0.4) is 0 Å². The molecule has 45 heavy (non-hydrogen) atoms. The highest BCUT2D eigenvalue weighted by molar-refractivity contribution is 6.42. The second-order valence-electron chi connectivity index (χ2n) is 17.5. The van der Waals surface area contributed by atoms with E-state index in [1.54, 1.807) is 0 Å². The van der Waals surface area contributed by atoms with Gasteiger partial charge >= 0.3 is 0 Å². The Labute approximate surface area is 269 Å². The van der Waals surface area contributed by atoms with Crippen molar-refractivity contribution in [3.05, 3.63) is 65.3 Å². The van der Waals surface area contributed by atoms with Crippen molar-refractivity contribution in [1.29, 1.82) is 0 Å². The first-order chi connectivity index (χ1) is 21.7. The fraction of sp³-hybridized carbons (Fsp3) is 0.634. The van der Waals surface area contributed by atoms with E-state index in [0.717, 1.165) is 59.7 Å². The maximum atomic E-state index is 13.4. The summed E-state index contributed by atoms with van der Waals surface area (Å²) in [6.45, 7) is 2.21. The van der Waals surface area contributed by atoms with E-state index < -0.39 is 5.92 Å². The number of ketones is 2. The molecule has 0 saturated heterocycles. The first kappa shape index (κ1) is 28.5. The molecule has 10 aliphatic carbocycles. The predicted octanol–water partition coefficient (Wildman–Crippen LogP) is 7.69. The number of rotatable bonds is 7. The molecule has 0 amide bonds. The lowest BCUT2D eigenvalue weighted by Gasteiger charge is -2.57. The van der Waals surface area contributed by atoms with E-state index in [1.807, 2.05) is 24.3 Å². The molecule has 0 aliphatic heterocycles. The molecule has 236 valence electrons. The van der Waals surface area contributed by atoms with Crippen molar-refractivity contribution in [2.45, 2.75) is 89.4 Å². The van der Waals surface area contributed by atoms with E-state index in [0.29, 0.717) is 16.4 Å². The van der Waals surface area contributed by atoms with Crippen LogP contribution < -0.4 is 4.90 Å².